The van der Waals surface area contributed by atoms with Gasteiger partial charge in [0.05, 0.1) is 0 Å². The van der Waals surface area contributed by atoms with Crippen molar-refractivity contribution in [3.63, 3.8) is 0 Å². The molecule has 106 valence electrons. The van der Waals surface area contributed by atoms with Crippen molar-refractivity contribution in [2.75, 3.05) is 5.73 Å². The van der Waals surface area contributed by atoms with Crippen molar-refractivity contribution in [1.29, 1.82) is 0 Å². The Morgan fingerprint density at radius 2 is 2.05 bits per heavy atom. The number of nitrogen functional groups attached to an aromatic ring is 1. The molecule has 3 aromatic rings. The number of aromatic nitrogens is 2. The van der Waals surface area contributed by atoms with Gasteiger partial charge in [0.15, 0.2) is 5.82 Å². The second-order valence-electron chi connectivity index (χ2n) is 4.63. The Hall–Kier alpha value is -2.34. The number of anilines is 1. The molecule has 1 aromatic carbocycles. The number of nitrogens with two attached hydrogens (primary N) is 1. The van der Waals surface area contributed by atoms with Gasteiger partial charge in [-0.2, -0.15) is 0 Å². The molecule has 2 N–H and O–H groups in total. The van der Waals surface area contributed by atoms with Crippen LogP contribution in [0.2, 0.25) is 0 Å². The van der Waals surface area contributed by atoms with Gasteiger partial charge < -0.3 is 10.2 Å². The van der Waals surface area contributed by atoms with Crippen LogP contribution in [-0.4, -0.2) is 9.97 Å². The zero-order valence-electron chi connectivity index (χ0n) is 11.4. The highest BCUT2D eigenvalue weighted by Gasteiger charge is 2.08. The highest BCUT2D eigenvalue weighted by molar-refractivity contribution is 7.98. The van der Waals surface area contributed by atoms with Gasteiger partial charge in [-0.15, -0.1) is 0 Å². The fourth-order valence-electron chi connectivity index (χ4n) is 2.05. The van der Waals surface area contributed by atoms with Gasteiger partial charge >= 0.3 is 5.63 Å². The number of nitrogens with zero attached hydrogens (tertiary/aromatic N) is 2. The van der Waals surface area contributed by atoms with E-state index in [-0.39, 0.29) is 5.63 Å². The molecule has 0 spiro atoms. The summed E-state index contributed by atoms with van der Waals surface area (Å²) >= 11 is 1.45. The third-order valence-electron chi connectivity index (χ3n) is 3.04. The standard InChI is InChI=1S/C15H13N3O2S/c1-9-2-3-11-10(7-13(19)20-12(11)6-9)8-21-15-14(16)17-4-5-18-15/h2-7H,8H2,1H3,(H2,16,17). The molecular weight excluding hydrogens is 286 g/mol. The first-order chi connectivity index (χ1) is 10.1. The van der Waals surface area contributed by atoms with E-state index >= 15 is 0 Å². The first-order valence-electron chi connectivity index (χ1n) is 6.36. The maximum Gasteiger partial charge on any atom is 0.336 e. The van der Waals surface area contributed by atoms with Crippen LogP contribution in [0.1, 0.15) is 11.1 Å². The molecule has 0 saturated carbocycles. The quantitative estimate of drug-likeness (QED) is 0.591. The molecule has 0 fully saturated rings. The van der Waals surface area contributed by atoms with E-state index in [4.69, 9.17) is 10.2 Å². The molecule has 0 atom stereocenters. The van der Waals surface area contributed by atoms with Crippen molar-refractivity contribution in [3.05, 3.63) is 58.2 Å². The number of hydrogen-bond donors (Lipinski definition) is 1. The molecule has 2 heterocycles. The van der Waals surface area contributed by atoms with Crippen LogP contribution in [0.3, 0.4) is 0 Å². The first-order valence-corrected chi connectivity index (χ1v) is 7.35. The molecule has 0 aliphatic rings. The maximum absolute atomic E-state index is 11.7. The zero-order chi connectivity index (χ0) is 14.8. The predicted octanol–water partition coefficient (Wildman–Crippen LogP) is 2.77. The molecule has 5 nitrogen and oxygen atoms in total. The van der Waals surface area contributed by atoms with E-state index in [9.17, 15) is 4.79 Å². The van der Waals surface area contributed by atoms with E-state index in [2.05, 4.69) is 9.97 Å². The summed E-state index contributed by atoms with van der Waals surface area (Å²) in [7, 11) is 0. The fraction of sp³-hybridized carbons (Fsp3) is 0.133. The highest BCUT2D eigenvalue weighted by atomic mass is 32.2. The maximum atomic E-state index is 11.7. The molecule has 0 unspecified atom stereocenters. The molecule has 0 aliphatic carbocycles. The van der Waals surface area contributed by atoms with E-state index in [1.165, 1.54) is 17.8 Å². The van der Waals surface area contributed by atoms with Crippen molar-refractivity contribution < 1.29 is 4.42 Å². The van der Waals surface area contributed by atoms with Crippen LogP contribution in [0.4, 0.5) is 5.82 Å². The number of thioether (sulfide) groups is 1. The van der Waals surface area contributed by atoms with Crippen molar-refractivity contribution in [2.45, 2.75) is 17.7 Å². The van der Waals surface area contributed by atoms with Gasteiger partial charge in [-0.1, -0.05) is 23.9 Å². The van der Waals surface area contributed by atoms with E-state index in [1.54, 1.807) is 12.4 Å². The molecule has 2 aromatic heterocycles. The Morgan fingerprint density at radius 1 is 1.24 bits per heavy atom. The second-order valence-corrected chi connectivity index (χ2v) is 5.59. The Kier molecular flexibility index (Phi) is 3.62. The third kappa shape index (κ3) is 2.90. The Bertz CT molecular complexity index is 861. The van der Waals surface area contributed by atoms with Gasteiger partial charge in [-0.25, -0.2) is 14.8 Å². The number of benzene rings is 1. The minimum absolute atomic E-state index is 0.351. The average Bonchev–Trinajstić information content (AvgIpc) is 2.45. The third-order valence-corrected chi connectivity index (χ3v) is 4.08. The van der Waals surface area contributed by atoms with Gasteiger partial charge in [-0.05, 0) is 24.1 Å². The summed E-state index contributed by atoms with van der Waals surface area (Å²) in [5.74, 6) is 0.972. The summed E-state index contributed by atoms with van der Waals surface area (Å²) in [6.07, 6.45) is 3.15. The molecule has 21 heavy (non-hydrogen) atoms. The normalized spacial score (nSPS) is 10.9. The van der Waals surface area contributed by atoms with E-state index in [1.807, 2.05) is 25.1 Å². The van der Waals surface area contributed by atoms with Crippen LogP contribution in [0.5, 0.6) is 0 Å². The molecule has 6 heteroatoms. The lowest BCUT2D eigenvalue weighted by Crippen LogP contribution is -2.01. The summed E-state index contributed by atoms with van der Waals surface area (Å²) in [4.78, 5) is 19.8. The van der Waals surface area contributed by atoms with Crippen LogP contribution in [-0.2, 0) is 5.75 Å². The fourth-order valence-corrected chi connectivity index (χ4v) is 2.92. The summed E-state index contributed by atoms with van der Waals surface area (Å²) in [6.45, 7) is 1.96. The van der Waals surface area contributed by atoms with Crippen molar-refractivity contribution in [3.8, 4) is 0 Å². The molecule has 0 aliphatic heterocycles. The Labute approximate surface area is 125 Å². The van der Waals surface area contributed by atoms with Gasteiger partial charge in [0.25, 0.3) is 0 Å². The number of rotatable bonds is 3. The minimum atomic E-state index is -0.351. The summed E-state index contributed by atoms with van der Waals surface area (Å²) < 4.78 is 5.24. The monoisotopic (exact) mass is 299 g/mol. The largest absolute Gasteiger partial charge is 0.423 e. The average molecular weight is 299 g/mol. The number of hydrogen-bond acceptors (Lipinski definition) is 6. The Balaban J connectivity index is 1.97. The first kappa shape index (κ1) is 13.6. The molecule has 0 bridgehead atoms. The van der Waals surface area contributed by atoms with Crippen LogP contribution < -0.4 is 11.4 Å². The van der Waals surface area contributed by atoms with Crippen molar-refractivity contribution >= 4 is 28.5 Å². The lowest BCUT2D eigenvalue weighted by Gasteiger charge is -2.06. The smallest absolute Gasteiger partial charge is 0.336 e. The summed E-state index contributed by atoms with van der Waals surface area (Å²) in [6, 6.07) is 7.33. The van der Waals surface area contributed by atoms with Gasteiger partial charge in [0, 0.05) is 29.6 Å². The molecule has 3 rings (SSSR count). The van der Waals surface area contributed by atoms with Crippen LogP contribution in [0.15, 0.2) is 50.9 Å². The van der Waals surface area contributed by atoms with Gasteiger partial charge in [0.2, 0.25) is 0 Å². The van der Waals surface area contributed by atoms with Crippen LogP contribution in [0.25, 0.3) is 11.0 Å². The van der Waals surface area contributed by atoms with Crippen LogP contribution in [0, 0.1) is 6.92 Å². The van der Waals surface area contributed by atoms with Crippen molar-refractivity contribution in [1.82, 2.24) is 9.97 Å². The van der Waals surface area contributed by atoms with Crippen molar-refractivity contribution in [2.24, 2.45) is 0 Å². The topological polar surface area (TPSA) is 82.0 Å². The lowest BCUT2D eigenvalue weighted by molar-refractivity contribution is 0.559. The van der Waals surface area contributed by atoms with E-state index in [0.717, 1.165) is 16.5 Å². The minimum Gasteiger partial charge on any atom is -0.423 e. The van der Waals surface area contributed by atoms with Gasteiger partial charge in [0.1, 0.15) is 10.6 Å². The summed E-state index contributed by atoms with van der Waals surface area (Å²) in [5.41, 5.74) is 7.97. The summed E-state index contributed by atoms with van der Waals surface area (Å²) in [5, 5.41) is 1.58. The number of fused-ring (bicyclic) bond motifs is 1. The zero-order valence-corrected chi connectivity index (χ0v) is 12.2. The second kappa shape index (κ2) is 5.57. The highest BCUT2D eigenvalue weighted by Crippen LogP contribution is 2.27. The van der Waals surface area contributed by atoms with Crippen LogP contribution >= 0.6 is 11.8 Å². The Morgan fingerprint density at radius 3 is 2.86 bits per heavy atom. The van der Waals surface area contributed by atoms with Gasteiger partial charge in [-0.3, -0.25) is 0 Å². The predicted molar refractivity (Wildman–Crippen MR) is 83.2 cm³/mol. The van der Waals surface area contributed by atoms with E-state index < -0.39 is 0 Å². The molecule has 0 saturated heterocycles. The molecular formula is C15H13N3O2S. The SMILES string of the molecule is Cc1ccc2c(CSc3nccnc3N)cc(=O)oc2c1. The molecule has 0 radical (unpaired) electrons. The molecule has 0 amide bonds. The number of aryl methyl sites for hydroxylation is 1. The van der Waals surface area contributed by atoms with E-state index in [0.29, 0.717) is 22.2 Å². The lowest BCUT2D eigenvalue weighted by atomic mass is 10.1.